The Morgan fingerprint density at radius 2 is 1.03 bits per heavy atom. The number of hydrogen-bond donors (Lipinski definition) is 5. The van der Waals surface area contributed by atoms with Crippen molar-refractivity contribution in [1.29, 1.82) is 0 Å². The first kappa shape index (κ1) is 79.3. The number of benzene rings is 4. The number of carboxylic acids is 1. The van der Waals surface area contributed by atoms with Crippen LogP contribution in [0.25, 0.3) is 22.3 Å². The number of carboxylic acid groups (broad SMARTS) is 1. The first-order chi connectivity index (χ1) is 45.2. The number of nitrogens with one attached hydrogen (secondary N) is 3. The molecular formula is C64H73I8N8O11V2. The average Bonchev–Trinajstić information content (AvgIpc) is 1.63. The normalized spacial score (nSPS) is 17.3. The molecule has 4 aliphatic heterocycles. The first-order valence-corrected chi connectivity index (χ1v) is 65.2. The van der Waals surface area contributed by atoms with Gasteiger partial charge in [0.05, 0.1) is 11.1 Å². The van der Waals surface area contributed by atoms with Crippen molar-refractivity contribution in [3.63, 3.8) is 0 Å². The van der Waals surface area contributed by atoms with Crippen molar-refractivity contribution in [3.8, 4) is 22.3 Å². The number of piperidine rings is 2. The number of fused-ring (bicyclic) bond motifs is 6. The van der Waals surface area contributed by atoms with Crippen LogP contribution >= 0.6 is 137 Å². The van der Waals surface area contributed by atoms with E-state index in [9.17, 15) is 19.2 Å². The van der Waals surface area contributed by atoms with Gasteiger partial charge >= 0.3 is 183 Å². The monoisotopic (exact) mass is 2250 g/mol. The summed E-state index contributed by atoms with van der Waals surface area (Å²) >= 11 is 17.4. The molecule has 6 aliphatic rings. The molecular weight excluding hydrogens is 2170 g/mol. The van der Waals surface area contributed by atoms with Gasteiger partial charge in [-0.05, 0) is 126 Å². The molecule has 2 unspecified atom stereocenters. The van der Waals surface area contributed by atoms with Gasteiger partial charge in [0, 0.05) is 82.9 Å². The molecule has 4 saturated heterocycles. The fourth-order valence-electron chi connectivity index (χ4n) is 11.6. The van der Waals surface area contributed by atoms with Gasteiger partial charge in [0.25, 0.3) is 5.91 Å². The molecule has 93 heavy (non-hydrogen) atoms. The second-order valence-corrected chi connectivity index (χ2v) is 85.2. The van der Waals surface area contributed by atoms with E-state index in [1.807, 2.05) is 54.6 Å². The minimum atomic E-state index is -0.975. The number of aromatic nitrogens is 2. The fourth-order valence-corrected chi connectivity index (χ4v) is 11.6. The number of carbonyl (C=O) groups excluding carboxylic acids is 3. The summed E-state index contributed by atoms with van der Waals surface area (Å²) in [6.45, 7) is 7.48. The molecule has 12 rings (SSSR count). The molecule has 6 N–H and O–H groups in total. The molecule has 6 aromatic rings. The number of pyridine rings is 2. The third-order valence-electron chi connectivity index (χ3n) is 16.2. The number of nitrogens with two attached hydrogens (primary N) is 1. The molecule has 19 nitrogen and oxygen atoms in total. The number of halogens is 8. The van der Waals surface area contributed by atoms with Crippen molar-refractivity contribution in [2.24, 2.45) is 17.7 Å². The average molecular weight is 2250 g/mol. The summed E-state index contributed by atoms with van der Waals surface area (Å²) in [5.41, 5.74) is 12.8. The second kappa shape index (κ2) is 44.2. The molecule has 501 valence electrons. The molecule has 4 aromatic carbocycles. The molecule has 4 fully saturated rings. The van der Waals surface area contributed by atoms with Gasteiger partial charge in [0.15, 0.2) is 6.29 Å². The summed E-state index contributed by atoms with van der Waals surface area (Å²) in [6, 6.07) is 40.2. The Morgan fingerprint density at radius 1 is 0.624 bits per heavy atom. The number of hydrogen-bond acceptors (Lipinski definition) is 15. The number of aromatic carboxylic acids is 1. The third kappa shape index (κ3) is 26.1. The molecule has 2 atom stereocenters. The number of anilines is 2. The summed E-state index contributed by atoms with van der Waals surface area (Å²) in [4.78, 5) is 71.0. The van der Waals surface area contributed by atoms with E-state index in [4.69, 9.17) is 34.8 Å². The van der Waals surface area contributed by atoms with Gasteiger partial charge in [0.1, 0.15) is 31.3 Å². The zero-order valence-corrected chi connectivity index (χ0v) is 70.5. The predicted molar refractivity (Wildman–Crippen MR) is 410 cm³/mol. The van der Waals surface area contributed by atoms with E-state index in [2.05, 4.69) is 226 Å². The van der Waals surface area contributed by atoms with E-state index in [0.29, 0.717) is 73.0 Å². The maximum atomic E-state index is 12.6. The Kier molecular flexibility index (Phi) is 37.7. The summed E-state index contributed by atoms with van der Waals surface area (Å²) in [7, 11) is 0.628. The number of amides is 3. The summed E-state index contributed by atoms with van der Waals surface area (Å²) < 4.78 is 21.7. The van der Waals surface area contributed by atoms with E-state index < -0.39 is 5.97 Å². The van der Waals surface area contributed by atoms with E-state index in [0.717, 1.165) is 102 Å². The minimum absolute atomic E-state index is 0.0554. The van der Waals surface area contributed by atoms with Crippen LogP contribution in [0.5, 0.6) is 0 Å². The molecule has 2 aliphatic carbocycles. The van der Waals surface area contributed by atoms with Crippen molar-refractivity contribution < 1.29 is 80.5 Å². The van der Waals surface area contributed by atoms with Crippen LogP contribution < -0.4 is 45.1 Å². The third-order valence-corrected chi connectivity index (χ3v) is 16.2. The number of carbonyl (C=O) groups is 4. The van der Waals surface area contributed by atoms with Gasteiger partial charge in [0.2, 0.25) is 12.9 Å². The Labute approximate surface area is 641 Å². The molecule has 0 radical (unpaired) electrons. The zero-order valence-electron chi connectivity index (χ0n) is 50.5. The van der Waals surface area contributed by atoms with Gasteiger partial charge in [-0.15, -0.1) is 0 Å². The van der Waals surface area contributed by atoms with Crippen molar-refractivity contribution >= 4 is 173 Å². The number of hydroxylamine groups is 1. The Hall–Kier alpha value is -1.06. The Morgan fingerprint density at radius 3 is 1.38 bits per heavy atom. The molecule has 0 saturated carbocycles. The maximum absolute atomic E-state index is 12.6. The second-order valence-electron chi connectivity index (χ2n) is 21.8. The first-order valence-electron chi connectivity index (χ1n) is 30.0. The van der Waals surface area contributed by atoms with Gasteiger partial charge in [-0.3, -0.25) is 9.63 Å². The zero-order chi connectivity index (χ0) is 66.3. The van der Waals surface area contributed by atoms with Crippen LogP contribution in [0.4, 0.5) is 21.2 Å². The van der Waals surface area contributed by atoms with E-state index >= 15 is 0 Å². The van der Waals surface area contributed by atoms with Gasteiger partial charge < -0.3 is 39.8 Å². The summed E-state index contributed by atoms with van der Waals surface area (Å²) in [6.07, 6.45) is 11.2. The van der Waals surface area contributed by atoms with Crippen molar-refractivity contribution in [3.05, 3.63) is 174 Å². The van der Waals surface area contributed by atoms with Crippen molar-refractivity contribution in [2.45, 2.75) is 88.6 Å². The number of alkyl carbamates (subject to hydrolysis) is 2. The van der Waals surface area contributed by atoms with Crippen molar-refractivity contribution in [1.82, 2.24) is 26.1 Å². The van der Waals surface area contributed by atoms with Crippen LogP contribution in [0, 0.1) is 18.4 Å². The van der Waals surface area contributed by atoms with Crippen LogP contribution in [0.15, 0.2) is 134 Å². The van der Waals surface area contributed by atoms with Crippen LogP contribution in [0.2, 0.25) is 0 Å². The van der Waals surface area contributed by atoms with E-state index in [1.54, 1.807) is 31.0 Å². The van der Waals surface area contributed by atoms with E-state index in [1.165, 1.54) is 50.7 Å². The number of rotatable bonds is 15. The Bertz CT molecular complexity index is 3150. The molecule has 3 amide bonds. The van der Waals surface area contributed by atoms with Crippen molar-refractivity contribution in [2.75, 3.05) is 68.9 Å². The molecule has 6 heterocycles. The Balaban J connectivity index is 0.000000210. The van der Waals surface area contributed by atoms with Crippen LogP contribution in [0.3, 0.4) is 0 Å². The van der Waals surface area contributed by atoms with Crippen LogP contribution in [-0.2, 0) is 43.0 Å². The van der Waals surface area contributed by atoms with Gasteiger partial charge in [-0.25, -0.2) is 40.6 Å². The quantitative estimate of drug-likeness (QED) is 0.0365. The van der Waals surface area contributed by atoms with Crippen LogP contribution in [0.1, 0.15) is 119 Å². The van der Waals surface area contributed by atoms with E-state index in [-0.39, 0.29) is 53.0 Å². The SMILES string of the molecule is I[I-]I.NOC1CCC[CH+]O1.O=C(NCC1CCN(c2ccc(C(=O)NOC3CCCCO3)cn2)CC1)OCC1c2ccccc2-c2ccccc21.O=C(NCC1CCN(c2ccc(C(=O)O)cn2)CC1)OCC1c2ccccc2-c2ccccc21.[I][V]([I])[I].[I][V][I]. The predicted octanol–water partition coefficient (Wildman–Crippen LogP) is 13.3. The molecule has 2 aromatic heterocycles. The summed E-state index contributed by atoms with van der Waals surface area (Å²) in [5.74, 6) is 6.02. The topological polar surface area (TPSA) is 238 Å². The van der Waals surface area contributed by atoms with Gasteiger partial charge in [-0.1, -0.05) is 97.1 Å². The number of ether oxygens (including phenoxy) is 4. The van der Waals surface area contributed by atoms with Crippen LogP contribution in [-0.4, -0.2) is 111 Å². The number of nitrogens with zero attached hydrogens (tertiary/aromatic N) is 4. The van der Waals surface area contributed by atoms with Gasteiger partial charge in [-0.2, -0.15) is 4.74 Å². The fraction of sp³-hybridized carbons (Fsp3) is 0.391. The molecule has 29 heteroatoms. The molecule has 0 bridgehead atoms. The standard InChI is InChI=1S/C32H36N4O5.C27H27N3O4.C5H10NO2.I3.5HI.2V/c37-31(35-41-30-11-5-6-18-39-30)23-12-13-29(33-20-23)36-16-14-22(15-17-36)19-34-32(38)40-21-28-26-9-3-1-7-24(26)25-8-2-4-10-27(25)28;31-26(32)19-9-10-25(28-16-19)30-13-11-18(12-14-30)15-29-27(33)34-17-24-22-7-3-1-5-20(22)21-6-2-4-8-23(21)24;6-8-5-3-1-2-4-7-5;1-3-2;;;;;;;/h1-4,7-10,12-13,20,22,28,30H,5-6,11,14-19,21H2,(H,34,38)(H,35,37);1-10,16,18,24H,11-15,17H2,(H,29,33)(H,31,32);4-5H,1-3,6H2;;5*1H;;/q;;+1;-1;;;;;;+2;+3/p-5. The summed E-state index contributed by atoms with van der Waals surface area (Å²) in [5, 5.41) is 14.9. The molecule has 0 spiro atoms.